The number of carboxylic acid groups (broad SMARTS) is 1. The van der Waals surface area contributed by atoms with E-state index in [1.54, 1.807) is 54.6 Å². The molecule has 1 aliphatic rings. The van der Waals surface area contributed by atoms with Gasteiger partial charge >= 0.3 is 5.97 Å². The Balaban J connectivity index is 1.52. The number of rotatable bonds is 4. The maximum absolute atomic E-state index is 12.2. The number of aromatic carboxylic acids is 1. The van der Waals surface area contributed by atoms with Crippen molar-refractivity contribution < 1.29 is 19.1 Å². The maximum atomic E-state index is 12.2. The Labute approximate surface area is 174 Å². The van der Waals surface area contributed by atoms with Gasteiger partial charge in [-0.2, -0.15) is 0 Å². The zero-order valence-corrected chi connectivity index (χ0v) is 16.3. The molecule has 1 saturated heterocycles. The molecule has 2 N–H and O–H groups in total. The highest BCUT2D eigenvalue weighted by Gasteiger charge is 2.24. The normalized spacial score (nSPS) is 16.4. The van der Waals surface area contributed by atoms with E-state index in [1.165, 1.54) is 23.9 Å². The standard InChI is InChI=1S/C21H13ClN2O4S/c22-14-5-7-15(8-6-14)23-21-24-19(25)18(29-21)11-16-9-10-17(28-16)12-1-3-13(4-2-12)20(26)27/h1-11H,(H,26,27)(H,23,24,25)/b18-11-. The summed E-state index contributed by atoms with van der Waals surface area (Å²) in [7, 11) is 0. The number of furan rings is 1. The van der Waals surface area contributed by atoms with Crippen molar-refractivity contribution in [3.05, 3.63) is 81.9 Å². The van der Waals surface area contributed by atoms with Gasteiger partial charge in [0.05, 0.1) is 16.2 Å². The Morgan fingerprint density at radius 3 is 2.48 bits per heavy atom. The quantitative estimate of drug-likeness (QED) is 0.562. The SMILES string of the molecule is O=C1NC(=Nc2ccc(Cl)cc2)S/C1=C\c1ccc(-c2ccc(C(=O)O)cc2)o1. The van der Waals surface area contributed by atoms with Gasteiger partial charge in [-0.3, -0.25) is 4.79 Å². The van der Waals surface area contributed by atoms with Gasteiger partial charge in [-0.05, 0) is 60.3 Å². The van der Waals surface area contributed by atoms with Crippen molar-refractivity contribution in [3.63, 3.8) is 0 Å². The molecule has 4 rings (SSSR count). The van der Waals surface area contributed by atoms with Crippen LogP contribution in [-0.4, -0.2) is 22.2 Å². The average Bonchev–Trinajstić information content (AvgIpc) is 3.31. The summed E-state index contributed by atoms with van der Waals surface area (Å²) in [5.41, 5.74) is 1.63. The monoisotopic (exact) mass is 424 g/mol. The Kier molecular flexibility index (Phi) is 5.24. The minimum Gasteiger partial charge on any atom is -0.478 e. The van der Waals surface area contributed by atoms with Crippen LogP contribution >= 0.6 is 23.4 Å². The maximum Gasteiger partial charge on any atom is 0.335 e. The van der Waals surface area contributed by atoms with Crippen molar-refractivity contribution in [2.24, 2.45) is 4.99 Å². The Morgan fingerprint density at radius 2 is 1.79 bits per heavy atom. The lowest BCUT2D eigenvalue weighted by Crippen LogP contribution is -2.19. The van der Waals surface area contributed by atoms with Gasteiger partial charge in [0.25, 0.3) is 5.91 Å². The Morgan fingerprint density at radius 1 is 1.07 bits per heavy atom. The van der Waals surface area contributed by atoms with Gasteiger partial charge < -0.3 is 14.8 Å². The fourth-order valence-corrected chi connectivity index (χ4v) is 3.55. The summed E-state index contributed by atoms with van der Waals surface area (Å²) in [5, 5.41) is 12.8. The van der Waals surface area contributed by atoms with Gasteiger partial charge in [0.1, 0.15) is 11.5 Å². The van der Waals surface area contributed by atoms with Crippen LogP contribution in [0.2, 0.25) is 5.02 Å². The first-order valence-electron chi connectivity index (χ1n) is 8.47. The second-order valence-electron chi connectivity index (χ2n) is 6.04. The van der Waals surface area contributed by atoms with E-state index in [9.17, 15) is 9.59 Å². The first kappa shape index (κ1) is 19.0. The highest BCUT2D eigenvalue weighted by atomic mass is 35.5. The number of benzene rings is 2. The van der Waals surface area contributed by atoms with E-state index < -0.39 is 5.97 Å². The molecule has 1 aliphatic heterocycles. The van der Waals surface area contributed by atoms with Gasteiger partial charge in [0, 0.05) is 16.7 Å². The Hall–Kier alpha value is -3.29. The molecule has 0 bridgehead atoms. The first-order chi connectivity index (χ1) is 14.0. The van der Waals surface area contributed by atoms with Crippen molar-refractivity contribution >= 4 is 52.2 Å². The number of hydrogen-bond acceptors (Lipinski definition) is 5. The molecule has 0 saturated carbocycles. The minimum absolute atomic E-state index is 0.203. The third-order valence-electron chi connectivity index (χ3n) is 4.02. The number of amidine groups is 1. The molecule has 0 spiro atoms. The van der Waals surface area contributed by atoms with Gasteiger partial charge in [-0.1, -0.05) is 23.7 Å². The molecule has 0 unspecified atom stereocenters. The van der Waals surface area contributed by atoms with Crippen molar-refractivity contribution in [3.8, 4) is 11.3 Å². The zero-order valence-electron chi connectivity index (χ0n) is 14.8. The molecule has 3 aromatic rings. The number of amides is 1. The van der Waals surface area contributed by atoms with E-state index in [0.717, 1.165) is 5.56 Å². The summed E-state index contributed by atoms with van der Waals surface area (Å²) in [4.78, 5) is 28.0. The highest BCUT2D eigenvalue weighted by Crippen LogP contribution is 2.30. The summed E-state index contributed by atoms with van der Waals surface area (Å²) < 4.78 is 5.78. The molecule has 6 nitrogen and oxygen atoms in total. The van der Waals surface area contributed by atoms with Gasteiger partial charge in [0.15, 0.2) is 5.17 Å². The summed E-state index contributed by atoms with van der Waals surface area (Å²) in [6, 6.07) is 16.9. The topological polar surface area (TPSA) is 91.9 Å². The number of carbonyl (C=O) groups is 2. The van der Waals surface area contributed by atoms with Crippen LogP contribution in [0.5, 0.6) is 0 Å². The molecule has 1 aromatic heterocycles. The molecule has 144 valence electrons. The van der Waals surface area contributed by atoms with Gasteiger partial charge in [-0.15, -0.1) is 0 Å². The van der Waals surface area contributed by atoms with Crippen LogP contribution in [0.4, 0.5) is 5.69 Å². The van der Waals surface area contributed by atoms with Crippen molar-refractivity contribution in [1.82, 2.24) is 5.32 Å². The number of carboxylic acids is 1. The van der Waals surface area contributed by atoms with Crippen molar-refractivity contribution in [1.29, 1.82) is 0 Å². The summed E-state index contributed by atoms with van der Waals surface area (Å²) in [6.45, 7) is 0. The average molecular weight is 425 g/mol. The molecule has 0 atom stereocenters. The lowest BCUT2D eigenvalue weighted by Gasteiger charge is -1.98. The largest absolute Gasteiger partial charge is 0.478 e. The lowest BCUT2D eigenvalue weighted by atomic mass is 10.1. The van der Waals surface area contributed by atoms with Crippen LogP contribution in [-0.2, 0) is 4.79 Å². The molecule has 1 fully saturated rings. The first-order valence-corrected chi connectivity index (χ1v) is 9.66. The molecular formula is C21H13ClN2O4S. The van der Waals surface area contributed by atoms with E-state index >= 15 is 0 Å². The molecule has 8 heteroatoms. The van der Waals surface area contributed by atoms with Gasteiger partial charge in [-0.25, -0.2) is 9.79 Å². The molecule has 0 aliphatic carbocycles. The minimum atomic E-state index is -0.984. The van der Waals surface area contributed by atoms with Crippen molar-refractivity contribution in [2.75, 3.05) is 0 Å². The number of halogens is 1. The molecule has 2 heterocycles. The second-order valence-corrected chi connectivity index (χ2v) is 7.51. The Bertz CT molecular complexity index is 1150. The third kappa shape index (κ3) is 4.42. The van der Waals surface area contributed by atoms with E-state index in [1.807, 2.05) is 0 Å². The van der Waals surface area contributed by atoms with E-state index in [0.29, 0.717) is 32.3 Å². The van der Waals surface area contributed by atoms with E-state index in [4.69, 9.17) is 21.1 Å². The summed E-state index contributed by atoms with van der Waals surface area (Å²) >= 11 is 7.08. The highest BCUT2D eigenvalue weighted by molar-refractivity contribution is 8.18. The zero-order chi connectivity index (χ0) is 20.4. The summed E-state index contributed by atoms with van der Waals surface area (Å²) in [5.74, 6) is -0.159. The fraction of sp³-hybridized carbons (Fsp3) is 0. The second kappa shape index (κ2) is 7.98. The predicted octanol–water partition coefficient (Wildman–Crippen LogP) is 5.19. The molecule has 0 radical (unpaired) electrons. The van der Waals surface area contributed by atoms with E-state index in [-0.39, 0.29) is 11.5 Å². The third-order valence-corrected chi connectivity index (χ3v) is 5.19. The molecule has 29 heavy (non-hydrogen) atoms. The molecule has 2 aromatic carbocycles. The number of aliphatic imine (C=N–C) groups is 1. The number of thioether (sulfide) groups is 1. The van der Waals surface area contributed by atoms with Crippen LogP contribution in [0, 0.1) is 0 Å². The number of nitrogens with zero attached hydrogens (tertiary/aromatic N) is 1. The molecular weight excluding hydrogens is 412 g/mol. The molecule has 1 amide bonds. The van der Waals surface area contributed by atoms with Crippen LogP contribution in [0.1, 0.15) is 16.1 Å². The van der Waals surface area contributed by atoms with Crippen molar-refractivity contribution in [2.45, 2.75) is 0 Å². The van der Waals surface area contributed by atoms with Crippen LogP contribution in [0.25, 0.3) is 17.4 Å². The fourth-order valence-electron chi connectivity index (χ4n) is 2.61. The predicted molar refractivity (Wildman–Crippen MR) is 113 cm³/mol. The number of hydrogen-bond donors (Lipinski definition) is 2. The van der Waals surface area contributed by atoms with Crippen LogP contribution in [0.3, 0.4) is 0 Å². The van der Waals surface area contributed by atoms with Crippen LogP contribution in [0.15, 0.2) is 75.0 Å². The van der Waals surface area contributed by atoms with Gasteiger partial charge in [0.2, 0.25) is 0 Å². The number of nitrogens with one attached hydrogen (secondary N) is 1. The van der Waals surface area contributed by atoms with Crippen LogP contribution < -0.4 is 5.32 Å². The van der Waals surface area contributed by atoms with E-state index in [2.05, 4.69) is 10.3 Å². The smallest absolute Gasteiger partial charge is 0.335 e. The summed E-state index contributed by atoms with van der Waals surface area (Å²) in [6.07, 6.45) is 1.64. The lowest BCUT2D eigenvalue weighted by molar-refractivity contribution is -0.115. The number of carbonyl (C=O) groups excluding carboxylic acids is 1.